The Morgan fingerprint density at radius 1 is 1.03 bits per heavy atom. The highest BCUT2D eigenvalue weighted by Gasteiger charge is 2.23. The van der Waals surface area contributed by atoms with Crippen molar-refractivity contribution in [2.75, 3.05) is 31.5 Å². The van der Waals surface area contributed by atoms with Gasteiger partial charge in [0.1, 0.15) is 5.69 Å². The Hall–Kier alpha value is -4.45. The van der Waals surface area contributed by atoms with Gasteiger partial charge in [0.2, 0.25) is 0 Å². The van der Waals surface area contributed by atoms with E-state index in [0.717, 1.165) is 0 Å². The van der Waals surface area contributed by atoms with Crippen molar-refractivity contribution >= 4 is 46.2 Å². The molecule has 0 fully saturated rings. The number of aryl methyl sites for hydroxylation is 1. The maximum atomic E-state index is 12.8. The molecule has 3 aromatic rings. The zero-order valence-electron chi connectivity index (χ0n) is 18.9. The molecule has 182 valence electrons. The number of hydrogen-bond donors (Lipinski definition) is 2. The second kappa shape index (κ2) is 11.1. The number of carbonyl (C=O) groups is 3. The van der Waals surface area contributed by atoms with Crippen LogP contribution in [0.5, 0.6) is 11.5 Å². The zero-order chi connectivity index (χ0) is 25.5. The van der Waals surface area contributed by atoms with Crippen LogP contribution >= 0.6 is 11.3 Å². The number of esters is 1. The Morgan fingerprint density at radius 3 is 2.37 bits per heavy atom. The third kappa shape index (κ3) is 5.92. The molecule has 2 N–H and O–H groups in total. The summed E-state index contributed by atoms with van der Waals surface area (Å²) in [6.07, 6.45) is 0. The molecule has 1 heterocycles. The van der Waals surface area contributed by atoms with Gasteiger partial charge < -0.3 is 24.8 Å². The molecule has 2 aromatic carbocycles. The molecule has 0 aliphatic rings. The molecule has 0 atom stereocenters. The first-order valence-corrected chi connectivity index (χ1v) is 10.9. The topological polar surface area (TPSA) is 146 Å². The summed E-state index contributed by atoms with van der Waals surface area (Å²) in [5.41, 5.74) is 0.192. The van der Waals surface area contributed by atoms with E-state index < -0.39 is 29.3 Å². The van der Waals surface area contributed by atoms with Gasteiger partial charge in [-0.15, -0.1) is 11.3 Å². The monoisotopic (exact) mass is 499 g/mol. The number of nitrogens with zero attached hydrogens (tertiary/aromatic N) is 1. The van der Waals surface area contributed by atoms with Crippen molar-refractivity contribution in [3.8, 4) is 11.5 Å². The first kappa shape index (κ1) is 25.2. The van der Waals surface area contributed by atoms with Gasteiger partial charge in [0, 0.05) is 18.2 Å². The van der Waals surface area contributed by atoms with E-state index in [2.05, 4.69) is 10.6 Å². The van der Waals surface area contributed by atoms with Crippen LogP contribution < -0.4 is 20.1 Å². The van der Waals surface area contributed by atoms with Crippen LogP contribution in [-0.4, -0.2) is 43.5 Å². The highest BCUT2D eigenvalue weighted by atomic mass is 32.1. The van der Waals surface area contributed by atoms with Gasteiger partial charge >= 0.3 is 5.97 Å². The number of methoxy groups -OCH3 is 2. The van der Waals surface area contributed by atoms with E-state index in [0.29, 0.717) is 10.4 Å². The van der Waals surface area contributed by atoms with Gasteiger partial charge in [0.15, 0.2) is 18.1 Å². The van der Waals surface area contributed by atoms with E-state index in [-0.39, 0.29) is 34.1 Å². The number of nitro groups is 1. The highest BCUT2D eigenvalue weighted by Crippen LogP contribution is 2.34. The van der Waals surface area contributed by atoms with Crippen molar-refractivity contribution in [3.05, 3.63) is 74.0 Å². The number of carbonyl (C=O) groups excluding carboxylic acids is 3. The lowest BCUT2D eigenvalue weighted by Gasteiger charge is -2.15. The smallest absolute Gasteiger partial charge is 0.340 e. The highest BCUT2D eigenvalue weighted by molar-refractivity contribution is 7.12. The molecule has 1 aromatic heterocycles. The van der Waals surface area contributed by atoms with Crippen molar-refractivity contribution in [1.29, 1.82) is 0 Å². The van der Waals surface area contributed by atoms with E-state index in [1.807, 2.05) is 0 Å². The molecule has 35 heavy (non-hydrogen) atoms. The van der Waals surface area contributed by atoms with Crippen LogP contribution in [0.3, 0.4) is 0 Å². The molecule has 11 nitrogen and oxygen atoms in total. The third-order valence-corrected chi connectivity index (χ3v) is 5.65. The zero-order valence-corrected chi connectivity index (χ0v) is 19.8. The molecule has 0 saturated heterocycles. The number of ether oxygens (including phenoxy) is 3. The summed E-state index contributed by atoms with van der Waals surface area (Å²) in [6, 6.07) is 10.4. The number of para-hydroxylation sites is 1. The van der Waals surface area contributed by atoms with Gasteiger partial charge in [0.05, 0.1) is 35.3 Å². The van der Waals surface area contributed by atoms with Gasteiger partial charge in [-0.2, -0.15) is 0 Å². The number of anilines is 2. The first-order valence-electron chi connectivity index (χ1n) is 10.1. The van der Waals surface area contributed by atoms with Crippen LogP contribution in [0, 0.1) is 17.0 Å². The minimum absolute atomic E-state index is 0.00793. The number of rotatable bonds is 9. The molecular formula is C23H21N3O8S. The Bertz CT molecular complexity index is 1270. The molecule has 3 rings (SSSR count). The van der Waals surface area contributed by atoms with Crippen LogP contribution in [0.2, 0.25) is 0 Å². The maximum Gasteiger partial charge on any atom is 0.340 e. The maximum absolute atomic E-state index is 12.8. The number of amides is 2. The molecule has 0 aliphatic carbocycles. The van der Waals surface area contributed by atoms with Crippen molar-refractivity contribution in [2.45, 2.75) is 6.92 Å². The van der Waals surface area contributed by atoms with Crippen LogP contribution in [0.15, 0.2) is 47.8 Å². The number of benzene rings is 2. The Labute approximate surface area is 203 Å². The molecule has 0 spiro atoms. The normalized spacial score (nSPS) is 10.3. The van der Waals surface area contributed by atoms with E-state index in [9.17, 15) is 24.5 Å². The fourth-order valence-electron chi connectivity index (χ4n) is 3.09. The van der Waals surface area contributed by atoms with Gasteiger partial charge in [-0.3, -0.25) is 19.7 Å². The van der Waals surface area contributed by atoms with Crippen molar-refractivity contribution in [2.24, 2.45) is 0 Å². The van der Waals surface area contributed by atoms with E-state index in [4.69, 9.17) is 14.2 Å². The predicted octanol–water partition coefficient (Wildman–Crippen LogP) is 4.03. The summed E-state index contributed by atoms with van der Waals surface area (Å²) >= 11 is 1.22. The van der Waals surface area contributed by atoms with E-state index in [1.165, 1.54) is 49.8 Å². The minimum atomic E-state index is -0.929. The molecule has 2 amide bonds. The number of nitro benzene ring substituents is 1. The van der Waals surface area contributed by atoms with Crippen LogP contribution in [-0.2, 0) is 9.53 Å². The molecule has 0 saturated carbocycles. The molecule has 0 aliphatic heterocycles. The first-order chi connectivity index (χ1) is 16.7. The van der Waals surface area contributed by atoms with Gasteiger partial charge in [-0.25, -0.2) is 4.79 Å². The van der Waals surface area contributed by atoms with E-state index in [1.54, 1.807) is 30.5 Å². The van der Waals surface area contributed by atoms with Crippen LogP contribution in [0.1, 0.15) is 25.6 Å². The average molecular weight is 500 g/mol. The second-order valence-corrected chi connectivity index (χ2v) is 7.98. The lowest BCUT2D eigenvalue weighted by Crippen LogP contribution is -2.23. The van der Waals surface area contributed by atoms with E-state index >= 15 is 0 Å². The fourth-order valence-corrected chi connectivity index (χ4v) is 3.71. The average Bonchev–Trinajstić information content (AvgIpc) is 3.38. The third-order valence-electron chi connectivity index (χ3n) is 4.78. The Balaban J connectivity index is 1.80. The molecule has 0 unspecified atom stereocenters. The molecule has 0 bridgehead atoms. The number of thiophene rings is 1. The number of nitrogens with one attached hydrogen (secondary N) is 2. The minimum Gasteiger partial charge on any atom is -0.493 e. The summed E-state index contributed by atoms with van der Waals surface area (Å²) < 4.78 is 15.6. The SMILES string of the molecule is COc1cc(NC(=O)c2cccs2)c(C(=O)OCC(=O)Nc2c(C)cccc2[N+](=O)[O-])cc1OC. The van der Waals surface area contributed by atoms with Gasteiger partial charge in [0.25, 0.3) is 17.5 Å². The van der Waals surface area contributed by atoms with Crippen molar-refractivity contribution < 1.29 is 33.5 Å². The molecular weight excluding hydrogens is 478 g/mol. The molecule has 0 radical (unpaired) electrons. The second-order valence-electron chi connectivity index (χ2n) is 7.03. The van der Waals surface area contributed by atoms with Crippen molar-refractivity contribution in [3.63, 3.8) is 0 Å². The Kier molecular flexibility index (Phi) is 8.00. The lowest BCUT2D eigenvalue weighted by atomic mass is 10.1. The van der Waals surface area contributed by atoms with Crippen molar-refractivity contribution in [1.82, 2.24) is 0 Å². The van der Waals surface area contributed by atoms with Gasteiger partial charge in [-0.1, -0.05) is 18.2 Å². The summed E-state index contributed by atoms with van der Waals surface area (Å²) in [4.78, 5) is 48.8. The summed E-state index contributed by atoms with van der Waals surface area (Å²) in [6.45, 7) is 0.873. The fraction of sp³-hybridized carbons (Fsp3) is 0.174. The Morgan fingerprint density at radius 2 is 1.74 bits per heavy atom. The van der Waals surface area contributed by atoms with Crippen LogP contribution in [0.25, 0.3) is 0 Å². The number of hydrogen-bond acceptors (Lipinski definition) is 9. The lowest BCUT2D eigenvalue weighted by molar-refractivity contribution is -0.384. The molecule has 12 heteroatoms. The van der Waals surface area contributed by atoms with Gasteiger partial charge in [-0.05, 0) is 23.9 Å². The summed E-state index contributed by atoms with van der Waals surface area (Å²) in [7, 11) is 2.77. The van der Waals surface area contributed by atoms with Crippen LogP contribution in [0.4, 0.5) is 17.1 Å². The predicted molar refractivity (Wildman–Crippen MR) is 129 cm³/mol. The summed E-state index contributed by atoms with van der Waals surface area (Å²) in [5, 5.41) is 18.0. The quantitative estimate of drug-likeness (QED) is 0.255. The summed E-state index contributed by atoms with van der Waals surface area (Å²) in [5.74, 6) is -1.70. The largest absolute Gasteiger partial charge is 0.493 e. The standard InChI is InChI=1S/C23H21N3O8S/c1-13-6-4-7-16(26(30)31)21(13)25-20(27)12-34-23(29)14-10-17(32-2)18(33-3)11-15(14)24-22(28)19-8-5-9-35-19/h4-11H,12H2,1-3H3,(H,24,28)(H,25,27).